The Hall–Kier alpha value is -0.120. The molecule has 1 aliphatic heterocycles. The van der Waals surface area contributed by atoms with E-state index in [-0.39, 0.29) is 5.54 Å². The van der Waals surface area contributed by atoms with Crippen LogP contribution in [0.5, 0.6) is 0 Å². The molecule has 0 bridgehead atoms. The lowest BCUT2D eigenvalue weighted by atomic mass is 9.95. The molecular weight excluding hydrogens is 234 g/mol. The molecule has 1 aliphatic rings. The number of hydrogen-bond donors (Lipinski definition) is 1. The second kappa shape index (κ2) is 8.23. The minimum atomic E-state index is 0.245. The van der Waals surface area contributed by atoms with Crippen molar-refractivity contribution in [3.05, 3.63) is 0 Å². The third-order valence-electron chi connectivity index (χ3n) is 4.71. The first-order chi connectivity index (χ1) is 9.09. The van der Waals surface area contributed by atoms with Gasteiger partial charge in [0.05, 0.1) is 0 Å². The molecule has 1 rings (SSSR count). The Morgan fingerprint density at radius 3 is 2.11 bits per heavy atom. The van der Waals surface area contributed by atoms with Gasteiger partial charge < -0.3 is 5.73 Å². The molecule has 1 unspecified atom stereocenters. The van der Waals surface area contributed by atoms with Crippen molar-refractivity contribution < 1.29 is 0 Å². The third kappa shape index (κ3) is 4.44. The van der Waals surface area contributed by atoms with Crippen LogP contribution in [0.2, 0.25) is 0 Å². The van der Waals surface area contributed by atoms with Crippen LogP contribution in [0.25, 0.3) is 0 Å². The summed E-state index contributed by atoms with van der Waals surface area (Å²) in [5, 5.41) is 0. The summed E-state index contributed by atoms with van der Waals surface area (Å²) in [5.74, 6) is 0. The zero-order chi connectivity index (χ0) is 14.3. The molecular formula is C16H35N3. The van der Waals surface area contributed by atoms with Gasteiger partial charge in [-0.25, -0.2) is 0 Å². The van der Waals surface area contributed by atoms with Crippen LogP contribution in [0.15, 0.2) is 0 Å². The van der Waals surface area contributed by atoms with Crippen molar-refractivity contribution >= 4 is 0 Å². The lowest BCUT2D eigenvalue weighted by Gasteiger charge is -2.41. The van der Waals surface area contributed by atoms with Crippen LogP contribution in [-0.4, -0.2) is 54.1 Å². The number of hydrogen-bond acceptors (Lipinski definition) is 3. The Morgan fingerprint density at radius 1 is 1.16 bits per heavy atom. The molecule has 19 heavy (non-hydrogen) atoms. The van der Waals surface area contributed by atoms with Gasteiger partial charge >= 0.3 is 0 Å². The van der Waals surface area contributed by atoms with Crippen LogP contribution in [0.4, 0.5) is 0 Å². The fourth-order valence-corrected chi connectivity index (χ4v) is 3.17. The lowest BCUT2D eigenvalue weighted by Crippen LogP contribution is -2.56. The summed E-state index contributed by atoms with van der Waals surface area (Å²) < 4.78 is 0. The minimum absolute atomic E-state index is 0.245. The highest BCUT2D eigenvalue weighted by molar-refractivity contribution is 5.00. The van der Waals surface area contributed by atoms with E-state index < -0.39 is 0 Å². The molecule has 0 aliphatic carbocycles. The number of unbranched alkanes of at least 4 members (excludes halogenated alkanes) is 2. The van der Waals surface area contributed by atoms with Gasteiger partial charge in [0.2, 0.25) is 0 Å². The van der Waals surface area contributed by atoms with Crippen LogP contribution >= 0.6 is 0 Å². The second-order valence-electron chi connectivity index (χ2n) is 6.44. The number of rotatable bonds is 9. The van der Waals surface area contributed by atoms with E-state index in [1.807, 2.05) is 0 Å². The molecule has 1 fully saturated rings. The average Bonchev–Trinajstić information content (AvgIpc) is 2.85. The lowest BCUT2D eigenvalue weighted by molar-refractivity contribution is 0.0904. The van der Waals surface area contributed by atoms with Crippen molar-refractivity contribution in [2.45, 2.75) is 71.4 Å². The van der Waals surface area contributed by atoms with Gasteiger partial charge in [-0.05, 0) is 46.2 Å². The Balaban J connectivity index is 2.71. The van der Waals surface area contributed by atoms with Crippen molar-refractivity contribution in [1.29, 1.82) is 0 Å². The topological polar surface area (TPSA) is 32.5 Å². The molecule has 114 valence electrons. The first-order valence-electron chi connectivity index (χ1n) is 8.28. The van der Waals surface area contributed by atoms with E-state index >= 15 is 0 Å². The summed E-state index contributed by atoms with van der Waals surface area (Å²) in [5.41, 5.74) is 6.45. The highest BCUT2D eigenvalue weighted by atomic mass is 15.3. The molecule has 1 heterocycles. The first-order valence-corrected chi connectivity index (χ1v) is 8.28. The molecule has 2 N–H and O–H groups in total. The summed E-state index contributed by atoms with van der Waals surface area (Å²) in [7, 11) is 0. The van der Waals surface area contributed by atoms with Gasteiger partial charge in [-0.2, -0.15) is 0 Å². The smallest absolute Gasteiger partial charge is 0.0470 e. The fraction of sp³-hybridized carbons (Fsp3) is 1.00. The molecule has 1 atom stereocenters. The van der Waals surface area contributed by atoms with Gasteiger partial charge in [0.15, 0.2) is 0 Å². The van der Waals surface area contributed by atoms with E-state index in [0.717, 1.165) is 13.1 Å². The van der Waals surface area contributed by atoms with E-state index in [0.29, 0.717) is 6.04 Å². The zero-order valence-corrected chi connectivity index (χ0v) is 13.6. The van der Waals surface area contributed by atoms with E-state index in [1.54, 1.807) is 0 Å². The maximum Gasteiger partial charge on any atom is 0.0470 e. The van der Waals surface area contributed by atoms with Gasteiger partial charge in [0.1, 0.15) is 0 Å². The fourth-order valence-electron chi connectivity index (χ4n) is 3.17. The Labute approximate surface area is 120 Å². The molecule has 3 heteroatoms. The maximum atomic E-state index is 6.21. The zero-order valence-electron chi connectivity index (χ0n) is 13.6. The van der Waals surface area contributed by atoms with Crippen molar-refractivity contribution in [1.82, 2.24) is 9.80 Å². The number of likely N-dealkylation sites (tertiary alicyclic amines) is 1. The summed E-state index contributed by atoms with van der Waals surface area (Å²) in [6.45, 7) is 14.8. The quantitative estimate of drug-likeness (QED) is 0.698. The van der Waals surface area contributed by atoms with Crippen LogP contribution in [0, 0.1) is 0 Å². The average molecular weight is 269 g/mol. The molecule has 0 amide bonds. The highest BCUT2D eigenvalue weighted by Crippen LogP contribution is 2.29. The van der Waals surface area contributed by atoms with Crippen molar-refractivity contribution in [2.75, 3.05) is 32.7 Å². The Kier molecular flexibility index (Phi) is 7.33. The second-order valence-corrected chi connectivity index (χ2v) is 6.44. The SMILES string of the molecule is CCCCN(CCCC)C1(CN)CCN(C(C)C)C1. The van der Waals surface area contributed by atoms with Crippen LogP contribution in [0.3, 0.4) is 0 Å². The maximum absolute atomic E-state index is 6.21. The normalized spacial score (nSPS) is 24.8. The molecule has 0 aromatic carbocycles. The molecule has 0 radical (unpaired) electrons. The van der Waals surface area contributed by atoms with Gasteiger partial charge in [-0.3, -0.25) is 9.80 Å². The van der Waals surface area contributed by atoms with Crippen LogP contribution in [0.1, 0.15) is 59.8 Å². The molecule has 0 saturated carbocycles. The van der Waals surface area contributed by atoms with Crippen molar-refractivity contribution in [3.8, 4) is 0 Å². The minimum Gasteiger partial charge on any atom is -0.329 e. The molecule has 0 aromatic rings. The monoisotopic (exact) mass is 269 g/mol. The van der Waals surface area contributed by atoms with Gasteiger partial charge in [-0.15, -0.1) is 0 Å². The van der Waals surface area contributed by atoms with E-state index in [4.69, 9.17) is 5.73 Å². The molecule has 0 aromatic heterocycles. The van der Waals surface area contributed by atoms with Crippen molar-refractivity contribution in [2.24, 2.45) is 5.73 Å². The predicted molar refractivity (Wildman–Crippen MR) is 84.5 cm³/mol. The summed E-state index contributed by atoms with van der Waals surface area (Å²) in [6.07, 6.45) is 6.39. The summed E-state index contributed by atoms with van der Waals surface area (Å²) in [4.78, 5) is 5.31. The summed E-state index contributed by atoms with van der Waals surface area (Å²) >= 11 is 0. The summed E-state index contributed by atoms with van der Waals surface area (Å²) in [6, 6.07) is 0.646. The van der Waals surface area contributed by atoms with Crippen molar-refractivity contribution in [3.63, 3.8) is 0 Å². The van der Waals surface area contributed by atoms with Crippen LogP contribution in [-0.2, 0) is 0 Å². The standard InChI is InChI=1S/C16H35N3/c1-5-7-10-19(11-8-6-2)16(13-17)9-12-18(14-16)15(3)4/h15H,5-14,17H2,1-4H3. The molecule has 0 spiro atoms. The Bertz CT molecular complexity index is 234. The Morgan fingerprint density at radius 2 is 1.74 bits per heavy atom. The van der Waals surface area contributed by atoms with Gasteiger partial charge in [0.25, 0.3) is 0 Å². The highest BCUT2D eigenvalue weighted by Gasteiger charge is 2.41. The van der Waals surface area contributed by atoms with Gasteiger partial charge in [-0.1, -0.05) is 26.7 Å². The van der Waals surface area contributed by atoms with E-state index in [2.05, 4.69) is 37.5 Å². The molecule has 3 nitrogen and oxygen atoms in total. The van der Waals surface area contributed by atoms with E-state index in [1.165, 1.54) is 51.7 Å². The van der Waals surface area contributed by atoms with Crippen LogP contribution < -0.4 is 5.73 Å². The van der Waals surface area contributed by atoms with Gasteiger partial charge in [0, 0.05) is 31.2 Å². The van der Waals surface area contributed by atoms with E-state index in [9.17, 15) is 0 Å². The predicted octanol–water partition coefficient (Wildman–Crippen LogP) is 2.70. The molecule has 1 saturated heterocycles. The third-order valence-corrected chi connectivity index (χ3v) is 4.71. The largest absolute Gasteiger partial charge is 0.329 e. The first kappa shape index (κ1) is 16.9. The number of nitrogens with two attached hydrogens (primary N) is 1. The number of nitrogens with zero attached hydrogens (tertiary/aromatic N) is 2.